The number of tetrazole rings is 1. The number of nitrogens with one attached hydrogen (secondary N) is 2. The summed E-state index contributed by atoms with van der Waals surface area (Å²) >= 11 is 0. The number of H-pyrrole nitrogens is 2. The predicted octanol–water partition coefficient (Wildman–Crippen LogP) is 1.80. The molecule has 0 aliphatic carbocycles. The van der Waals surface area contributed by atoms with Gasteiger partial charge in [0.2, 0.25) is 5.82 Å². The van der Waals surface area contributed by atoms with Gasteiger partial charge in [-0.25, -0.2) is 0 Å². The molecular weight excluding hydrogens is 254 g/mol. The maximum Gasteiger partial charge on any atom is 0.204 e. The lowest BCUT2D eigenvalue weighted by Crippen LogP contribution is -1.83. The molecule has 96 valence electrons. The van der Waals surface area contributed by atoms with Crippen molar-refractivity contribution < 1.29 is 0 Å². The number of pyridine rings is 1. The Kier molecular flexibility index (Phi) is 2.28. The number of benzene rings is 1. The number of fused-ring (bicyclic) bond motifs is 1. The van der Waals surface area contributed by atoms with Gasteiger partial charge in [0.25, 0.3) is 0 Å². The molecule has 0 atom stereocenters. The van der Waals surface area contributed by atoms with Crippen LogP contribution in [0.2, 0.25) is 0 Å². The normalized spacial score (nSPS) is 11.0. The summed E-state index contributed by atoms with van der Waals surface area (Å²) in [7, 11) is 0. The van der Waals surface area contributed by atoms with E-state index in [9.17, 15) is 0 Å². The van der Waals surface area contributed by atoms with Gasteiger partial charge >= 0.3 is 0 Å². The van der Waals surface area contributed by atoms with Crippen molar-refractivity contribution in [2.45, 2.75) is 0 Å². The van der Waals surface area contributed by atoms with E-state index < -0.39 is 0 Å². The van der Waals surface area contributed by atoms with Crippen LogP contribution in [0.4, 0.5) is 0 Å². The Balaban J connectivity index is 1.93. The Bertz CT molecular complexity index is 849. The molecule has 7 heteroatoms. The molecule has 3 aromatic heterocycles. The van der Waals surface area contributed by atoms with Crippen LogP contribution >= 0.6 is 0 Å². The van der Waals surface area contributed by atoms with Crippen LogP contribution in [0.1, 0.15) is 0 Å². The molecule has 0 spiro atoms. The van der Waals surface area contributed by atoms with Gasteiger partial charge in [-0.1, -0.05) is 0 Å². The molecular formula is C13H9N7. The van der Waals surface area contributed by atoms with E-state index in [0.717, 1.165) is 27.7 Å². The van der Waals surface area contributed by atoms with E-state index >= 15 is 0 Å². The first-order valence-electron chi connectivity index (χ1n) is 6.04. The fraction of sp³-hybridized carbons (Fsp3) is 0. The summed E-state index contributed by atoms with van der Waals surface area (Å²) in [5.74, 6) is 0.560. The maximum absolute atomic E-state index is 4.36. The van der Waals surface area contributed by atoms with Crippen molar-refractivity contribution in [1.29, 1.82) is 0 Å². The van der Waals surface area contributed by atoms with Gasteiger partial charge in [0.1, 0.15) is 5.69 Å². The van der Waals surface area contributed by atoms with E-state index in [-0.39, 0.29) is 0 Å². The van der Waals surface area contributed by atoms with Crippen molar-refractivity contribution in [2.24, 2.45) is 0 Å². The molecule has 4 aromatic rings. The topological polar surface area (TPSA) is 96.0 Å². The molecule has 0 saturated carbocycles. The highest BCUT2D eigenvalue weighted by Crippen LogP contribution is 2.28. The average molecular weight is 263 g/mol. The lowest BCUT2D eigenvalue weighted by Gasteiger charge is -1.98. The fourth-order valence-electron chi connectivity index (χ4n) is 2.16. The Labute approximate surface area is 113 Å². The van der Waals surface area contributed by atoms with Crippen LogP contribution in [0, 0.1) is 0 Å². The molecule has 0 amide bonds. The van der Waals surface area contributed by atoms with Gasteiger partial charge in [-0.2, -0.15) is 10.3 Å². The van der Waals surface area contributed by atoms with Crippen molar-refractivity contribution >= 4 is 10.9 Å². The van der Waals surface area contributed by atoms with E-state index in [4.69, 9.17) is 0 Å². The first kappa shape index (κ1) is 10.8. The second-order valence-electron chi connectivity index (χ2n) is 4.31. The SMILES string of the molecule is c1cncc(-c2n[nH]c3ccc(-c4nn[nH]n4)cc23)c1. The van der Waals surface area contributed by atoms with Gasteiger partial charge in [0.05, 0.1) is 5.52 Å². The minimum absolute atomic E-state index is 0.560. The highest BCUT2D eigenvalue weighted by molar-refractivity contribution is 5.95. The highest BCUT2D eigenvalue weighted by atomic mass is 15.5. The first-order valence-corrected chi connectivity index (χ1v) is 6.04. The standard InChI is InChI=1S/C13H9N7/c1-2-9(7-14-5-1)12-10-6-8(13-17-19-20-18-13)3-4-11(10)15-16-12/h1-7H,(H,15,16)(H,17,18,19,20). The molecule has 2 N–H and O–H groups in total. The molecule has 0 unspecified atom stereocenters. The summed E-state index contributed by atoms with van der Waals surface area (Å²) in [5.41, 5.74) is 3.66. The Morgan fingerprint density at radius 3 is 2.80 bits per heavy atom. The molecule has 0 fully saturated rings. The number of hydrogen-bond acceptors (Lipinski definition) is 5. The zero-order chi connectivity index (χ0) is 13.4. The Morgan fingerprint density at radius 2 is 2.00 bits per heavy atom. The summed E-state index contributed by atoms with van der Waals surface area (Å²) < 4.78 is 0. The molecule has 0 radical (unpaired) electrons. The zero-order valence-corrected chi connectivity index (χ0v) is 10.3. The predicted molar refractivity (Wildman–Crippen MR) is 72.5 cm³/mol. The molecule has 0 aliphatic heterocycles. The third-order valence-corrected chi connectivity index (χ3v) is 3.10. The molecule has 4 rings (SSSR count). The van der Waals surface area contributed by atoms with Gasteiger partial charge in [0.15, 0.2) is 0 Å². The smallest absolute Gasteiger partial charge is 0.204 e. The number of nitrogens with zero attached hydrogens (tertiary/aromatic N) is 5. The lowest BCUT2D eigenvalue weighted by molar-refractivity contribution is 0.881. The van der Waals surface area contributed by atoms with Gasteiger partial charge in [-0.15, -0.1) is 10.2 Å². The van der Waals surface area contributed by atoms with Crippen molar-refractivity contribution in [3.8, 4) is 22.6 Å². The molecule has 1 aromatic carbocycles. The van der Waals surface area contributed by atoms with Crippen molar-refractivity contribution in [3.05, 3.63) is 42.7 Å². The van der Waals surface area contributed by atoms with E-state index in [1.165, 1.54) is 0 Å². The summed E-state index contributed by atoms with van der Waals surface area (Å²) in [6.07, 6.45) is 3.53. The van der Waals surface area contributed by atoms with Crippen LogP contribution in [0.5, 0.6) is 0 Å². The Morgan fingerprint density at radius 1 is 1.00 bits per heavy atom. The van der Waals surface area contributed by atoms with Gasteiger partial charge < -0.3 is 0 Å². The van der Waals surface area contributed by atoms with Crippen LogP contribution in [0.15, 0.2) is 42.7 Å². The van der Waals surface area contributed by atoms with E-state index in [1.807, 2.05) is 30.3 Å². The third-order valence-electron chi connectivity index (χ3n) is 3.10. The van der Waals surface area contributed by atoms with Gasteiger partial charge in [-0.05, 0) is 35.5 Å². The molecule has 3 heterocycles. The van der Waals surface area contributed by atoms with Crippen LogP contribution in [0.3, 0.4) is 0 Å². The highest BCUT2D eigenvalue weighted by Gasteiger charge is 2.11. The lowest BCUT2D eigenvalue weighted by atomic mass is 10.1. The van der Waals surface area contributed by atoms with E-state index in [1.54, 1.807) is 12.4 Å². The zero-order valence-electron chi connectivity index (χ0n) is 10.3. The molecule has 0 aliphatic rings. The summed E-state index contributed by atoms with van der Waals surface area (Å²) in [6, 6.07) is 9.74. The quantitative estimate of drug-likeness (QED) is 0.575. The minimum Gasteiger partial charge on any atom is -0.277 e. The monoisotopic (exact) mass is 263 g/mol. The van der Waals surface area contributed by atoms with E-state index in [2.05, 4.69) is 35.8 Å². The fourth-order valence-corrected chi connectivity index (χ4v) is 2.16. The number of rotatable bonds is 2. The largest absolute Gasteiger partial charge is 0.277 e. The van der Waals surface area contributed by atoms with Crippen molar-refractivity contribution in [2.75, 3.05) is 0 Å². The second-order valence-corrected chi connectivity index (χ2v) is 4.31. The first-order chi connectivity index (χ1) is 9.92. The third kappa shape index (κ3) is 1.64. The molecule has 0 saturated heterocycles. The van der Waals surface area contributed by atoms with Crippen LogP contribution in [-0.4, -0.2) is 35.8 Å². The molecule has 20 heavy (non-hydrogen) atoms. The van der Waals surface area contributed by atoms with Crippen LogP contribution < -0.4 is 0 Å². The summed E-state index contributed by atoms with van der Waals surface area (Å²) in [5, 5.41) is 22.4. The van der Waals surface area contributed by atoms with Crippen molar-refractivity contribution in [1.82, 2.24) is 35.8 Å². The van der Waals surface area contributed by atoms with E-state index in [0.29, 0.717) is 5.82 Å². The van der Waals surface area contributed by atoms with Gasteiger partial charge in [0, 0.05) is 28.9 Å². The molecule has 0 bridgehead atoms. The van der Waals surface area contributed by atoms with Crippen LogP contribution in [0.25, 0.3) is 33.5 Å². The maximum atomic E-state index is 4.36. The molecule has 7 nitrogen and oxygen atoms in total. The summed E-state index contributed by atoms with van der Waals surface area (Å²) in [6.45, 7) is 0. The second kappa shape index (κ2) is 4.23. The number of aromatic amines is 2. The minimum atomic E-state index is 0.560. The Hall–Kier alpha value is -3.09. The van der Waals surface area contributed by atoms with Gasteiger partial charge in [-0.3, -0.25) is 10.1 Å². The van der Waals surface area contributed by atoms with Crippen molar-refractivity contribution in [3.63, 3.8) is 0 Å². The number of hydrogen-bond donors (Lipinski definition) is 2. The average Bonchev–Trinajstić information content (AvgIpc) is 3.17. The van der Waals surface area contributed by atoms with Crippen LogP contribution in [-0.2, 0) is 0 Å². The summed E-state index contributed by atoms with van der Waals surface area (Å²) in [4.78, 5) is 4.13. The number of aromatic nitrogens is 7.